The van der Waals surface area contributed by atoms with E-state index in [-0.39, 0.29) is 5.75 Å². The number of hydrogen-bond acceptors (Lipinski definition) is 4. The van der Waals surface area contributed by atoms with Gasteiger partial charge in [-0.1, -0.05) is 6.92 Å². The largest absolute Gasteiger partial charge is 0.372 e. The van der Waals surface area contributed by atoms with Gasteiger partial charge in [0.2, 0.25) is 0 Å². The SMILES string of the molecule is CCS(=O)(=O)c1ccc(N2CCC(Cn3cccn3)CC2)cc1. The Morgan fingerprint density at radius 1 is 1.17 bits per heavy atom. The summed E-state index contributed by atoms with van der Waals surface area (Å²) in [5.74, 6) is 0.802. The molecule has 1 aliphatic heterocycles. The smallest absolute Gasteiger partial charge is 0.178 e. The van der Waals surface area contributed by atoms with E-state index in [0.717, 1.165) is 38.2 Å². The summed E-state index contributed by atoms with van der Waals surface area (Å²) in [5, 5.41) is 4.27. The van der Waals surface area contributed by atoms with Crippen molar-refractivity contribution in [2.24, 2.45) is 5.92 Å². The fraction of sp³-hybridized carbons (Fsp3) is 0.471. The second-order valence-electron chi connectivity index (χ2n) is 6.06. The van der Waals surface area contributed by atoms with Gasteiger partial charge in [-0.15, -0.1) is 0 Å². The Labute approximate surface area is 137 Å². The standard InChI is InChI=1S/C17H23N3O2S/c1-2-23(21,22)17-6-4-16(5-7-17)19-12-8-15(9-13-19)14-20-11-3-10-18-20/h3-7,10-11,15H,2,8-9,12-14H2,1H3. The van der Waals surface area contributed by atoms with Gasteiger partial charge >= 0.3 is 0 Å². The van der Waals surface area contributed by atoms with Crippen molar-refractivity contribution in [2.75, 3.05) is 23.7 Å². The molecule has 23 heavy (non-hydrogen) atoms. The quantitative estimate of drug-likeness (QED) is 0.844. The van der Waals surface area contributed by atoms with Crippen LogP contribution in [0.5, 0.6) is 0 Å². The highest BCUT2D eigenvalue weighted by Gasteiger charge is 2.20. The number of anilines is 1. The van der Waals surface area contributed by atoms with Crippen molar-refractivity contribution < 1.29 is 8.42 Å². The van der Waals surface area contributed by atoms with Crippen molar-refractivity contribution in [3.63, 3.8) is 0 Å². The summed E-state index contributed by atoms with van der Waals surface area (Å²) in [7, 11) is -3.11. The summed E-state index contributed by atoms with van der Waals surface area (Å²) in [6.45, 7) is 4.67. The summed E-state index contributed by atoms with van der Waals surface area (Å²) >= 11 is 0. The summed E-state index contributed by atoms with van der Waals surface area (Å²) in [4.78, 5) is 2.75. The molecule has 0 saturated carbocycles. The Kier molecular flexibility index (Phi) is 4.71. The number of aromatic nitrogens is 2. The monoisotopic (exact) mass is 333 g/mol. The summed E-state index contributed by atoms with van der Waals surface area (Å²) in [6.07, 6.45) is 6.10. The molecule has 1 aromatic heterocycles. The van der Waals surface area contributed by atoms with Gasteiger partial charge in [0.1, 0.15) is 0 Å². The van der Waals surface area contributed by atoms with Crippen LogP contribution in [0.2, 0.25) is 0 Å². The Morgan fingerprint density at radius 2 is 1.87 bits per heavy atom. The maximum absolute atomic E-state index is 11.9. The van der Waals surface area contributed by atoms with Gasteiger partial charge in [0.25, 0.3) is 0 Å². The van der Waals surface area contributed by atoms with Crippen LogP contribution in [0.4, 0.5) is 5.69 Å². The molecule has 0 unspecified atom stereocenters. The molecule has 0 radical (unpaired) electrons. The molecule has 5 nitrogen and oxygen atoms in total. The lowest BCUT2D eigenvalue weighted by molar-refractivity contribution is 0.342. The summed E-state index contributed by atoms with van der Waals surface area (Å²) in [5.41, 5.74) is 1.11. The lowest BCUT2D eigenvalue weighted by Gasteiger charge is -2.33. The van der Waals surface area contributed by atoms with Crippen molar-refractivity contribution >= 4 is 15.5 Å². The van der Waals surface area contributed by atoms with E-state index in [1.54, 1.807) is 19.1 Å². The van der Waals surface area contributed by atoms with E-state index in [0.29, 0.717) is 10.8 Å². The number of rotatable bonds is 5. The van der Waals surface area contributed by atoms with Crippen molar-refractivity contribution in [3.8, 4) is 0 Å². The van der Waals surface area contributed by atoms with Gasteiger partial charge in [0.15, 0.2) is 9.84 Å². The van der Waals surface area contributed by atoms with E-state index in [4.69, 9.17) is 0 Å². The first-order chi connectivity index (χ1) is 11.1. The molecule has 0 bridgehead atoms. The van der Waals surface area contributed by atoms with Crippen LogP contribution in [0.3, 0.4) is 0 Å². The second-order valence-corrected chi connectivity index (χ2v) is 8.33. The third kappa shape index (κ3) is 3.75. The molecule has 6 heteroatoms. The van der Waals surface area contributed by atoms with E-state index in [1.807, 2.05) is 35.3 Å². The van der Waals surface area contributed by atoms with Crippen LogP contribution in [-0.2, 0) is 16.4 Å². The predicted octanol–water partition coefficient (Wildman–Crippen LogP) is 2.59. The molecule has 1 aromatic carbocycles. The number of benzene rings is 1. The Balaban J connectivity index is 1.59. The molecule has 1 saturated heterocycles. The molecule has 2 heterocycles. The molecule has 2 aromatic rings. The fourth-order valence-corrected chi connectivity index (χ4v) is 3.96. The third-order valence-corrected chi connectivity index (χ3v) is 6.31. The van der Waals surface area contributed by atoms with Gasteiger partial charge < -0.3 is 4.90 Å². The maximum atomic E-state index is 11.9. The van der Waals surface area contributed by atoms with Crippen molar-refractivity contribution in [2.45, 2.75) is 31.2 Å². The van der Waals surface area contributed by atoms with Crippen LogP contribution >= 0.6 is 0 Å². The Morgan fingerprint density at radius 3 is 2.43 bits per heavy atom. The fourth-order valence-electron chi connectivity index (χ4n) is 3.08. The number of piperidine rings is 1. The normalized spacial score (nSPS) is 16.7. The zero-order valence-electron chi connectivity index (χ0n) is 13.4. The highest BCUT2D eigenvalue weighted by molar-refractivity contribution is 7.91. The topological polar surface area (TPSA) is 55.2 Å². The van der Waals surface area contributed by atoms with E-state index < -0.39 is 9.84 Å². The number of hydrogen-bond donors (Lipinski definition) is 0. The first-order valence-corrected chi connectivity index (χ1v) is 9.79. The minimum Gasteiger partial charge on any atom is -0.372 e. The average molecular weight is 333 g/mol. The Bertz CT molecular complexity index is 716. The van der Waals surface area contributed by atoms with Crippen LogP contribution in [0.25, 0.3) is 0 Å². The second kappa shape index (κ2) is 6.74. The van der Waals surface area contributed by atoms with E-state index in [9.17, 15) is 8.42 Å². The van der Waals surface area contributed by atoms with E-state index >= 15 is 0 Å². The number of nitrogens with zero attached hydrogens (tertiary/aromatic N) is 3. The zero-order chi connectivity index (χ0) is 16.3. The van der Waals surface area contributed by atoms with Gasteiger partial charge in [-0.3, -0.25) is 4.68 Å². The first kappa shape index (κ1) is 16.1. The Hall–Kier alpha value is -1.82. The van der Waals surface area contributed by atoms with E-state index in [2.05, 4.69) is 10.00 Å². The number of sulfone groups is 1. The van der Waals surface area contributed by atoms with Gasteiger partial charge in [0.05, 0.1) is 10.6 Å². The molecular formula is C17H23N3O2S. The van der Waals surface area contributed by atoms with Crippen molar-refractivity contribution in [1.82, 2.24) is 9.78 Å². The minimum absolute atomic E-state index is 0.144. The molecule has 0 amide bonds. The third-order valence-electron chi connectivity index (χ3n) is 4.56. The zero-order valence-corrected chi connectivity index (χ0v) is 14.2. The molecule has 124 valence electrons. The first-order valence-electron chi connectivity index (χ1n) is 8.13. The highest BCUT2D eigenvalue weighted by atomic mass is 32.2. The molecule has 1 aliphatic rings. The highest BCUT2D eigenvalue weighted by Crippen LogP contribution is 2.25. The van der Waals surface area contributed by atoms with Gasteiger partial charge in [-0.05, 0) is 49.1 Å². The van der Waals surface area contributed by atoms with E-state index in [1.165, 1.54) is 0 Å². The molecule has 0 spiro atoms. The minimum atomic E-state index is -3.11. The van der Waals surface area contributed by atoms with Crippen LogP contribution in [-0.4, -0.2) is 37.0 Å². The van der Waals surface area contributed by atoms with Crippen molar-refractivity contribution in [3.05, 3.63) is 42.7 Å². The molecular weight excluding hydrogens is 310 g/mol. The predicted molar refractivity (Wildman–Crippen MR) is 91.3 cm³/mol. The molecule has 0 atom stereocenters. The van der Waals surface area contributed by atoms with Crippen LogP contribution in [0.1, 0.15) is 19.8 Å². The molecule has 0 aliphatic carbocycles. The molecule has 0 N–H and O–H groups in total. The van der Waals surface area contributed by atoms with Gasteiger partial charge in [-0.25, -0.2) is 8.42 Å². The van der Waals surface area contributed by atoms with Crippen LogP contribution in [0.15, 0.2) is 47.6 Å². The molecule has 1 fully saturated rings. The summed E-state index contributed by atoms with van der Waals surface area (Å²) in [6, 6.07) is 9.27. The van der Waals surface area contributed by atoms with Gasteiger partial charge in [0, 0.05) is 37.7 Å². The van der Waals surface area contributed by atoms with Crippen molar-refractivity contribution in [1.29, 1.82) is 0 Å². The summed E-state index contributed by atoms with van der Waals surface area (Å²) < 4.78 is 25.7. The lowest BCUT2D eigenvalue weighted by atomic mass is 9.96. The van der Waals surface area contributed by atoms with Gasteiger partial charge in [-0.2, -0.15) is 5.10 Å². The van der Waals surface area contributed by atoms with Crippen LogP contribution in [0, 0.1) is 5.92 Å². The maximum Gasteiger partial charge on any atom is 0.178 e. The van der Waals surface area contributed by atoms with Crippen LogP contribution < -0.4 is 4.90 Å². The average Bonchev–Trinajstić information content (AvgIpc) is 3.09. The lowest BCUT2D eigenvalue weighted by Crippen LogP contribution is -2.35. The molecule has 3 rings (SSSR count).